The van der Waals surface area contributed by atoms with Crippen LogP contribution in [0, 0.1) is 23.7 Å². The van der Waals surface area contributed by atoms with E-state index in [1.807, 2.05) is 30.3 Å². The van der Waals surface area contributed by atoms with Crippen molar-refractivity contribution in [1.29, 1.82) is 0 Å². The lowest BCUT2D eigenvalue weighted by Crippen LogP contribution is -2.34. The summed E-state index contributed by atoms with van der Waals surface area (Å²) in [5.41, 5.74) is 0.568. The van der Waals surface area contributed by atoms with Crippen molar-refractivity contribution < 1.29 is 28.6 Å². The third-order valence-corrected chi connectivity index (χ3v) is 6.22. The molecule has 3 aliphatic rings. The number of para-hydroxylation sites is 1. The van der Waals surface area contributed by atoms with Gasteiger partial charge in [-0.15, -0.1) is 0 Å². The molecule has 2 aromatic rings. The predicted octanol–water partition coefficient (Wildman–Crippen LogP) is 3.16. The van der Waals surface area contributed by atoms with E-state index in [1.165, 1.54) is 0 Å². The van der Waals surface area contributed by atoms with Crippen molar-refractivity contribution in [2.24, 2.45) is 23.7 Å². The molecule has 2 saturated carbocycles. The number of benzene rings is 2. The average molecular weight is 407 g/mol. The molecule has 1 aliphatic heterocycles. The van der Waals surface area contributed by atoms with E-state index in [-0.39, 0.29) is 30.5 Å². The number of anilines is 1. The fourth-order valence-electron chi connectivity index (χ4n) is 4.99. The number of hydrogen-bond donors (Lipinski definition) is 1. The van der Waals surface area contributed by atoms with E-state index >= 15 is 0 Å². The van der Waals surface area contributed by atoms with E-state index in [0.717, 1.165) is 18.6 Å². The molecule has 1 heterocycles. The minimum absolute atomic E-state index is 0.0336. The first-order valence-electron chi connectivity index (χ1n) is 10.1. The molecule has 2 aromatic carbocycles. The van der Waals surface area contributed by atoms with E-state index in [2.05, 4.69) is 5.32 Å². The van der Waals surface area contributed by atoms with Crippen LogP contribution in [0.2, 0.25) is 0 Å². The van der Waals surface area contributed by atoms with Gasteiger partial charge >= 0.3 is 11.9 Å². The van der Waals surface area contributed by atoms with Crippen LogP contribution >= 0.6 is 0 Å². The van der Waals surface area contributed by atoms with Crippen molar-refractivity contribution in [3.8, 4) is 11.5 Å². The van der Waals surface area contributed by atoms with Crippen LogP contribution < -0.4 is 10.1 Å². The molecule has 1 saturated heterocycles. The molecule has 1 amide bonds. The van der Waals surface area contributed by atoms with Gasteiger partial charge in [-0.25, -0.2) is 0 Å². The zero-order valence-corrected chi connectivity index (χ0v) is 16.2. The summed E-state index contributed by atoms with van der Waals surface area (Å²) in [6, 6.07) is 16.3. The molecule has 0 aromatic heterocycles. The third kappa shape index (κ3) is 3.40. The summed E-state index contributed by atoms with van der Waals surface area (Å²) >= 11 is 0. The van der Waals surface area contributed by atoms with Gasteiger partial charge in [0.2, 0.25) is 0 Å². The molecule has 5 rings (SSSR count). The van der Waals surface area contributed by atoms with Gasteiger partial charge in [-0.05, 0) is 55.2 Å². The number of nitrogens with one attached hydrogen (secondary N) is 1. The average Bonchev–Trinajstić information content (AvgIpc) is 3.37. The maximum absolute atomic E-state index is 12.5. The van der Waals surface area contributed by atoms with E-state index in [1.54, 1.807) is 24.3 Å². The maximum atomic E-state index is 12.5. The SMILES string of the molecule is O=C(COC(=O)[C@@H]1[C@@H]2C[C@@H]3[C@H]1C(=O)O[C@@H]3C2)Nc1ccc(Oc2ccccc2)cc1. The summed E-state index contributed by atoms with van der Waals surface area (Å²) in [6.07, 6.45) is 1.51. The molecule has 0 spiro atoms. The zero-order valence-electron chi connectivity index (χ0n) is 16.2. The summed E-state index contributed by atoms with van der Waals surface area (Å²) in [4.78, 5) is 36.7. The topological polar surface area (TPSA) is 90.9 Å². The van der Waals surface area contributed by atoms with Gasteiger partial charge < -0.3 is 19.5 Å². The van der Waals surface area contributed by atoms with Crippen molar-refractivity contribution >= 4 is 23.5 Å². The molecule has 2 aliphatic carbocycles. The Bertz CT molecular complexity index is 971. The van der Waals surface area contributed by atoms with Crippen LogP contribution in [-0.2, 0) is 23.9 Å². The first kappa shape index (κ1) is 18.7. The number of ether oxygens (including phenoxy) is 3. The summed E-state index contributed by atoms with van der Waals surface area (Å²) in [6.45, 7) is -0.389. The molecule has 7 heteroatoms. The zero-order chi connectivity index (χ0) is 20.7. The number of amides is 1. The Balaban J connectivity index is 1.12. The molecular weight excluding hydrogens is 386 g/mol. The molecule has 0 radical (unpaired) electrons. The number of rotatable bonds is 6. The molecule has 7 nitrogen and oxygen atoms in total. The van der Waals surface area contributed by atoms with Gasteiger partial charge in [0.15, 0.2) is 6.61 Å². The Morgan fingerprint density at radius 3 is 2.50 bits per heavy atom. The molecular formula is C23H21NO6. The minimum Gasteiger partial charge on any atom is -0.462 e. The van der Waals surface area contributed by atoms with Gasteiger partial charge in [-0.3, -0.25) is 14.4 Å². The second-order valence-electron chi connectivity index (χ2n) is 8.02. The smallest absolute Gasteiger partial charge is 0.310 e. The second kappa shape index (κ2) is 7.48. The van der Waals surface area contributed by atoms with Crippen molar-refractivity contribution in [1.82, 2.24) is 0 Å². The molecule has 5 atom stereocenters. The molecule has 2 bridgehead atoms. The van der Waals surface area contributed by atoms with Crippen molar-refractivity contribution in [3.05, 3.63) is 54.6 Å². The van der Waals surface area contributed by atoms with Crippen molar-refractivity contribution in [3.63, 3.8) is 0 Å². The summed E-state index contributed by atoms with van der Waals surface area (Å²) < 4.78 is 16.3. The lowest BCUT2D eigenvalue weighted by atomic mass is 9.80. The van der Waals surface area contributed by atoms with Gasteiger partial charge in [0.05, 0.1) is 11.8 Å². The summed E-state index contributed by atoms with van der Waals surface area (Å²) in [5, 5.41) is 2.69. The predicted molar refractivity (Wildman–Crippen MR) is 106 cm³/mol. The number of fused-ring (bicyclic) bond motifs is 1. The Labute approximate surface area is 173 Å². The van der Waals surface area contributed by atoms with Crippen LogP contribution in [0.25, 0.3) is 0 Å². The van der Waals surface area contributed by atoms with Crippen molar-refractivity contribution in [2.75, 3.05) is 11.9 Å². The van der Waals surface area contributed by atoms with Crippen LogP contribution in [0.4, 0.5) is 5.69 Å². The Kier molecular flexibility index (Phi) is 4.65. The largest absolute Gasteiger partial charge is 0.462 e. The summed E-state index contributed by atoms with van der Waals surface area (Å²) in [7, 11) is 0. The molecule has 154 valence electrons. The Hall–Kier alpha value is -3.35. The van der Waals surface area contributed by atoms with Crippen LogP contribution in [0.15, 0.2) is 54.6 Å². The van der Waals surface area contributed by atoms with Crippen LogP contribution in [0.3, 0.4) is 0 Å². The van der Waals surface area contributed by atoms with E-state index in [9.17, 15) is 14.4 Å². The number of esters is 2. The molecule has 30 heavy (non-hydrogen) atoms. The second-order valence-corrected chi connectivity index (χ2v) is 8.02. The number of carbonyl (C=O) groups excluding carboxylic acids is 3. The van der Waals surface area contributed by atoms with Gasteiger partial charge in [-0.2, -0.15) is 0 Å². The van der Waals surface area contributed by atoms with E-state index in [0.29, 0.717) is 11.4 Å². The monoisotopic (exact) mass is 407 g/mol. The molecule has 0 unspecified atom stereocenters. The quantitative estimate of drug-likeness (QED) is 0.740. The van der Waals surface area contributed by atoms with Crippen molar-refractivity contribution in [2.45, 2.75) is 18.9 Å². The lowest BCUT2D eigenvalue weighted by Gasteiger charge is -2.22. The van der Waals surface area contributed by atoms with Crippen LogP contribution in [-0.4, -0.2) is 30.6 Å². The Morgan fingerprint density at radius 2 is 1.73 bits per heavy atom. The molecule has 3 fully saturated rings. The first-order valence-corrected chi connectivity index (χ1v) is 10.1. The van der Waals surface area contributed by atoms with Gasteiger partial charge in [0.1, 0.15) is 17.6 Å². The normalized spacial score (nSPS) is 28.1. The fraction of sp³-hybridized carbons (Fsp3) is 0.348. The highest BCUT2D eigenvalue weighted by Crippen LogP contribution is 2.57. The minimum atomic E-state index is -0.483. The van der Waals surface area contributed by atoms with Gasteiger partial charge in [-0.1, -0.05) is 18.2 Å². The number of hydrogen-bond acceptors (Lipinski definition) is 6. The fourth-order valence-corrected chi connectivity index (χ4v) is 4.99. The third-order valence-electron chi connectivity index (χ3n) is 6.22. The van der Waals surface area contributed by atoms with Gasteiger partial charge in [0, 0.05) is 11.6 Å². The highest BCUT2D eigenvalue weighted by Gasteiger charge is 2.64. The van der Waals surface area contributed by atoms with E-state index in [4.69, 9.17) is 14.2 Å². The summed E-state index contributed by atoms with van der Waals surface area (Å²) in [5.74, 6) is -0.488. The first-order chi connectivity index (χ1) is 14.6. The van der Waals surface area contributed by atoms with E-state index < -0.39 is 23.7 Å². The maximum Gasteiger partial charge on any atom is 0.310 e. The highest BCUT2D eigenvalue weighted by atomic mass is 16.6. The van der Waals surface area contributed by atoms with Crippen LogP contribution in [0.1, 0.15) is 12.8 Å². The highest BCUT2D eigenvalue weighted by molar-refractivity contribution is 5.93. The standard InChI is InChI=1S/C23H21NO6/c25-19(24-14-6-8-16(9-7-14)29-15-4-2-1-3-5-15)12-28-22(26)20-13-10-17-18(11-13)30-23(27)21(17)20/h1-9,13,17-18,20-21H,10-12H2,(H,24,25)/t13-,17+,18-,20-,21-/m1/s1. The van der Waals surface area contributed by atoms with Crippen LogP contribution in [0.5, 0.6) is 11.5 Å². The van der Waals surface area contributed by atoms with Gasteiger partial charge in [0.25, 0.3) is 5.91 Å². The number of carbonyl (C=O) groups is 3. The lowest BCUT2D eigenvalue weighted by molar-refractivity contribution is -0.157. The Morgan fingerprint density at radius 1 is 1.00 bits per heavy atom. The molecule has 1 N–H and O–H groups in total.